The largest absolute Gasteiger partial charge is 0.383 e. The molecule has 0 amide bonds. The topological polar surface area (TPSA) is 21.3 Å². The van der Waals surface area contributed by atoms with Crippen LogP contribution in [-0.2, 0) is 4.74 Å². The fourth-order valence-corrected chi connectivity index (χ4v) is 2.50. The van der Waals surface area contributed by atoms with Gasteiger partial charge < -0.3 is 10.1 Å². The summed E-state index contributed by atoms with van der Waals surface area (Å²) in [6, 6.07) is 3.82. The van der Waals surface area contributed by atoms with Crippen molar-refractivity contribution in [3.63, 3.8) is 0 Å². The van der Waals surface area contributed by atoms with Crippen LogP contribution in [0.5, 0.6) is 0 Å². The SMILES string of the molecule is Clc1c(Br)ccc(NCC2CCOC2)c1Cl. The molecule has 0 aromatic heterocycles. The summed E-state index contributed by atoms with van der Waals surface area (Å²) in [5.74, 6) is 0.568. The number of ether oxygens (including phenoxy) is 1. The zero-order valence-electron chi connectivity index (χ0n) is 8.60. The van der Waals surface area contributed by atoms with Gasteiger partial charge in [-0.3, -0.25) is 0 Å². The normalized spacial score (nSPS) is 20.1. The molecule has 0 aliphatic carbocycles. The zero-order chi connectivity index (χ0) is 11.5. The van der Waals surface area contributed by atoms with Crippen molar-refractivity contribution in [1.82, 2.24) is 0 Å². The first kappa shape index (κ1) is 12.5. The highest BCUT2D eigenvalue weighted by Gasteiger charge is 2.16. The smallest absolute Gasteiger partial charge is 0.0835 e. The Morgan fingerprint density at radius 1 is 1.38 bits per heavy atom. The van der Waals surface area contributed by atoms with E-state index in [4.69, 9.17) is 27.9 Å². The number of nitrogens with one attached hydrogen (secondary N) is 1. The van der Waals surface area contributed by atoms with E-state index in [9.17, 15) is 0 Å². The number of hydrogen-bond acceptors (Lipinski definition) is 2. The van der Waals surface area contributed by atoms with Crippen molar-refractivity contribution in [2.75, 3.05) is 25.1 Å². The van der Waals surface area contributed by atoms with Crippen molar-refractivity contribution in [2.45, 2.75) is 6.42 Å². The molecule has 1 heterocycles. The van der Waals surface area contributed by atoms with E-state index in [-0.39, 0.29) is 0 Å². The number of hydrogen-bond donors (Lipinski definition) is 1. The summed E-state index contributed by atoms with van der Waals surface area (Å²) in [6.45, 7) is 2.56. The lowest BCUT2D eigenvalue weighted by Gasteiger charge is -2.13. The van der Waals surface area contributed by atoms with Crippen LogP contribution in [0.15, 0.2) is 16.6 Å². The second-order valence-corrected chi connectivity index (χ2v) is 5.44. The molecule has 1 saturated heterocycles. The second kappa shape index (κ2) is 5.58. The molecule has 88 valence electrons. The van der Waals surface area contributed by atoms with Crippen LogP contribution in [0.4, 0.5) is 5.69 Å². The highest BCUT2D eigenvalue weighted by molar-refractivity contribution is 9.10. The summed E-state index contributed by atoms with van der Waals surface area (Å²) in [4.78, 5) is 0. The van der Waals surface area contributed by atoms with E-state index in [1.54, 1.807) is 0 Å². The maximum Gasteiger partial charge on any atom is 0.0835 e. The first-order chi connectivity index (χ1) is 7.68. The average Bonchev–Trinajstić information content (AvgIpc) is 2.78. The second-order valence-electron chi connectivity index (χ2n) is 3.83. The molecule has 1 aliphatic rings. The van der Waals surface area contributed by atoms with Crippen LogP contribution in [0.25, 0.3) is 0 Å². The fraction of sp³-hybridized carbons (Fsp3) is 0.455. The number of halogens is 3. The third kappa shape index (κ3) is 2.83. The predicted octanol–water partition coefficient (Wildman–Crippen LogP) is 4.20. The Kier molecular flexibility index (Phi) is 4.36. The van der Waals surface area contributed by atoms with Gasteiger partial charge in [0, 0.05) is 23.5 Å². The van der Waals surface area contributed by atoms with Gasteiger partial charge in [0.05, 0.1) is 22.3 Å². The molecule has 1 unspecified atom stereocenters. The van der Waals surface area contributed by atoms with Gasteiger partial charge in [-0.1, -0.05) is 23.2 Å². The standard InChI is InChI=1S/C11H12BrCl2NO/c12-8-1-2-9(11(14)10(8)13)15-5-7-3-4-16-6-7/h1-2,7,15H,3-6H2. The minimum Gasteiger partial charge on any atom is -0.383 e. The van der Waals surface area contributed by atoms with Crippen LogP contribution < -0.4 is 5.32 Å². The van der Waals surface area contributed by atoms with Gasteiger partial charge in [0.2, 0.25) is 0 Å². The van der Waals surface area contributed by atoms with Crippen LogP contribution in [-0.4, -0.2) is 19.8 Å². The van der Waals surface area contributed by atoms with Crippen LogP contribution in [0, 0.1) is 5.92 Å². The lowest BCUT2D eigenvalue weighted by atomic mass is 10.1. The molecule has 1 aliphatic heterocycles. The Hall–Kier alpha value is 0.0400. The Morgan fingerprint density at radius 2 is 2.19 bits per heavy atom. The molecule has 0 saturated carbocycles. The summed E-state index contributed by atoms with van der Waals surface area (Å²) in [5, 5.41) is 4.42. The molecule has 5 heteroatoms. The Bertz CT molecular complexity index is 380. The van der Waals surface area contributed by atoms with Gasteiger partial charge in [-0.05, 0) is 34.5 Å². The summed E-state index contributed by atoms with van der Waals surface area (Å²) in [6.07, 6.45) is 1.11. The Morgan fingerprint density at radius 3 is 2.88 bits per heavy atom. The molecule has 1 fully saturated rings. The third-order valence-corrected chi connectivity index (χ3v) is 4.41. The molecule has 1 N–H and O–H groups in total. The maximum atomic E-state index is 6.13. The minimum atomic E-state index is 0.550. The molecule has 1 aromatic rings. The number of anilines is 1. The number of benzene rings is 1. The van der Waals surface area contributed by atoms with Crippen LogP contribution in [0.2, 0.25) is 10.0 Å². The summed E-state index contributed by atoms with van der Waals surface area (Å²) in [7, 11) is 0. The van der Waals surface area contributed by atoms with Crippen molar-refractivity contribution in [3.8, 4) is 0 Å². The summed E-state index contributed by atoms with van der Waals surface area (Å²) >= 11 is 15.5. The van der Waals surface area contributed by atoms with Crippen molar-refractivity contribution in [2.24, 2.45) is 5.92 Å². The van der Waals surface area contributed by atoms with E-state index < -0.39 is 0 Å². The first-order valence-electron chi connectivity index (χ1n) is 5.13. The molecule has 16 heavy (non-hydrogen) atoms. The minimum absolute atomic E-state index is 0.550. The first-order valence-corrected chi connectivity index (χ1v) is 6.68. The molecule has 2 rings (SSSR count). The summed E-state index contributed by atoms with van der Waals surface area (Å²) in [5.41, 5.74) is 0.877. The van der Waals surface area contributed by atoms with Crippen LogP contribution >= 0.6 is 39.1 Å². The Balaban J connectivity index is 2.01. The van der Waals surface area contributed by atoms with Gasteiger partial charge in [-0.25, -0.2) is 0 Å². The monoisotopic (exact) mass is 323 g/mol. The quantitative estimate of drug-likeness (QED) is 0.841. The van der Waals surface area contributed by atoms with E-state index in [2.05, 4.69) is 21.2 Å². The van der Waals surface area contributed by atoms with Crippen LogP contribution in [0.1, 0.15) is 6.42 Å². The lowest BCUT2D eigenvalue weighted by molar-refractivity contribution is 0.187. The molecule has 2 nitrogen and oxygen atoms in total. The van der Waals surface area contributed by atoms with E-state index >= 15 is 0 Å². The van der Waals surface area contributed by atoms with Crippen molar-refractivity contribution in [3.05, 3.63) is 26.7 Å². The maximum absolute atomic E-state index is 6.13. The molecular weight excluding hydrogens is 313 g/mol. The molecule has 0 spiro atoms. The van der Waals surface area contributed by atoms with Crippen molar-refractivity contribution >= 4 is 44.8 Å². The highest BCUT2D eigenvalue weighted by atomic mass is 79.9. The van der Waals surface area contributed by atoms with Gasteiger partial charge in [0.25, 0.3) is 0 Å². The Labute approximate surface area is 113 Å². The van der Waals surface area contributed by atoms with Gasteiger partial charge in [-0.15, -0.1) is 0 Å². The summed E-state index contributed by atoms with van der Waals surface area (Å²) < 4.78 is 6.13. The van der Waals surface area contributed by atoms with Gasteiger partial charge in [0.1, 0.15) is 0 Å². The average molecular weight is 325 g/mol. The fourth-order valence-electron chi connectivity index (χ4n) is 1.66. The van der Waals surface area contributed by atoms with Gasteiger partial charge in [-0.2, -0.15) is 0 Å². The van der Waals surface area contributed by atoms with Crippen molar-refractivity contribution < 1.29 is 4.74 Å². The highest BCUT2D eigenvalue weighted by Crippen LogP contribution is 2.35. The predicted molar refractivity (Wildman–Crippen MR) is 71.6 cm³/mol. The van der Waals surface area contributed by atoms with Crippen molar-refractivity contribution in [1.29, 1.82) is 0 Å². The van der Waals surface area contributed by atoms with E-state index in [0.29, 0.717) is 16.0 Å². The van der Waals surface area contributed by atoms with E-state index in [1.165, 1.54) is 0 Å². The molecule has 1 atom stereocenters. The lowest BCUT2D eigenvalue weighted by Crippen LogP contribution is -2.14. The third-order valence-electron chi connectivity index (χ3n) is 2.64. The van der Waals surface area contributed by atoms with Crippen LogP contribution in [0.3, 0.4) is 0 Å². The van der Waals surface area contributed by atoms with E-state index in [1.807, 2.05) is 12.1 Å². The molecule has 0 radical (unpaired) electrons. The van der Waals surface area contributed by atoms with Gasteiger partial charge >= 0.3 is 0 Å². The molecule has 1 aromatic carbocycles. The molecule has 0 bridgehead atoms. The van der Waals surface area contributed by atoms with E-state index in [0.717, 1.165) is 36.3 Å². The zero-order valence-corrected chi connectivity index (χ0v) is 11.7. The molecular formula is C11H12BrCl2NO. The number of rotatable bonds is 3. The van der Waals surface area contributed by atoms with Gasteiger partial charge in [0.15, 0.2) is 0 Å².